The highest BCUT2D eigenvalue weighted by molar-refractivity contribution is 7.11. The Bertz CT molecular complexity index is 582. The van der Waals surface area contributed by atoms with Gasteiger partial charge in [0.05, 0.1) is 11.7 Å². The summed E-state index contributed by atoms with van der Waals surface area (Å²) in [6.45, 7) is 1.67. The second kappa shape index (κ2) is 5.94. The van der Waals surface area contributed by atoms with E-state index in [9.17, 15) is 4.79 Å². The monoisotopic (exact) mass is 306 g/mol. The van der Waals surface area contributed by atoms with Crippen LogP contribution in [-0.4, -0.2) is 28.9 Å². The summed E-state index contributed by atoms with van der Waals surface area (Å²) in [4.78, 5) is 18.9. The Morgan fingerprint density at radius 2 is 2.20 bits per heavy atom. The van der Waals surface area contributed by atoms with Crippen molar-refractivity contribution in [2.24, 2.45) is 5.92 Å². The van der Waals surface area contributed by atoms with E-state index in [1.807, 2.05) is 17.0 Å². The maximum atomic E-state index is 12.2. The first-order valence-corrected chi connectivity index (χ1v) is 7.90. The number of carbonyl (C=O) groups excluding carboxylic acids is 1. The maximum Gasteiger partial charge on any atom is 0.265 e. The van der Waals surface area contributed by atoms with E-state index in [4.69, 9.17) is 11.6 Å². The van der Waals surface area contributed by atoms with Crippen molar-refractivity contribution >= 4 is 28.8 Å². The fraction of sp³-hybridized carbons (Fsp3) is 0.333. The molecule has 5 heteroatoms. The van der Waals surface area contributed by atoms with Crippen molar-refractivity contribution in [2.45, 2.75) is 12.8 Å². The number of rotatable bonds is 3. The standard InChI is InChI=1S/C15H15ClN2OS/c16-13-3-1-11(2-4-13)7-12-5-6-18(9-12)15(19)14-8-17-10-20-14/h1-4,8,10,12H,5-7,9H2. The minimum absolute atomic E-state index is 0.117. The molecule has 0 bridgehead atoms. The van der Waals surface area contributed by atoms with E-state index < -0.39 is 0 Å². The molecule has 3 nitrogen and oxygen atoms in total. The predicted octanol–water partition coefficient (Wildman–Crippen LogP) is 3.50. The van der Waals surface area contributed by atoms with E-state index in [1.54, 1.807) is 11.7 Å². The highest BCUT2D eigenvalue weighted by Gasteiger charge is 2.27. The Kier molecular flexibility index (Phi) is 4.03. The minimum atomic E-state index is 0.117. The van der Waals surface area contributed by atoms with Gasteiger partial charge in [-0.2, -0.15) is 0 Å². The zero-order valence-corrected chi connectivity index (χ0v) is 12.5. The number of thiazole rings is 1. The van der Waals surface area contributed by atoms with Gasteiger partial charge in [-0.15, -0.1) is 11.3 Å². The molecule has 0 aliphatic carbocycles. The number of hydrogen-bond donors (Lipinski definition) is 0. The zero-order chi connectivity index (χ0) is 13.9. The summed E-state index contributed by atoms with van der Waals surface area (Å²) in [6.07, 6.45) is 3.72. The van der Waals surface area contributed by atoms with Gasteiger partial charge in [-0.3, -0.25) is 9.78 Å². The van der Waals surface area contributed by atoms with Gasteiger partial charge in [0.25, 0.3) is 5.91 Å². The molecular formula is C15H15ClN2OS. The zero-order valence-electron chi connectivity index (χ0n) is 11.0. The lowest BCUT2D eigenvalue weighted by atomic mass is 9.99. The first-order valence-electron chi connectivity index (χ1n) is 6.64. The molecule has 3 rings (SSSR count). The van der Waals surface area contributed by atoms with Crippen LogP contribution in [0.15, 0.2) is 36.0 Å². The second-order valence-corrected chi connectivity index (χ2v) is 6.42. The van der Waals surface area contributed by atoms with Gasteiger partial charge in [0.2, 0.25) is 0 Å². The molecule has 1 aliphatic rings. The van der Waals surface area contributed by atoms with Crippen LogP contribution >= 0.6 is 22.9 Å². The van der Waals surface area contributed by atoms with E-state index >= 15 is 0 Å². The Labute approximate surface area is 127 Å². The first-order chi connectivity index (χ1) is 9.72. The van der Waals surface area contributed by atoms with Crippen LogP contribution in [0.5, 0.6) is 0 Å². The molecule has 1 fully saturated rings. The molecule has 0 spiro atoms. The number of aromatic nitrogens is 1. The molecule has 1 aliphatic heterocycles. The first kappa shape index (κ1) is 13.6. The van der Waals surface area contributed by atoms with E-state index in [1.165, 1.54) is 16.9 Å². The fourth-order valence-electron chi connectivity index (χ4n) is 2.61. The molecule has 0 radical (unpaired) electrons. The summed E-state index contributed by atoms with van der Waals surface area (Å²) in [5.41, 5.74) is 2.99. The minimum Gasteiger partial charge on any atom is -0.338 e. The number of nitrogens with zero attached hydrogens (tertiary/aromatic N) is 2. The second-order valence-electron chi connectivity index (χ2n) is 5.10. The van der Waals surface area contributed by atoms with Crippen molar-refractivity contribution in [3.63, 3.8) is 0 Å². The van der Waals surface area contributed by atoms with Gasteiger partial charge in [-0.1, -0.05) is 23.7 Å². The van der Waals surface area contributed by atoms with Crippen LogP contribution < -0.4 is 0 Å². The molecule has 104 valence electrons. The molecule has 2 heterocycles. The summed E-state index contributed by atoms with van der Waals surface area (Å²) in [5.74, 6) is 0.652. The van der Waals surface area contributed by atoms with Crippen molar-refractivity contribution in [1.29, 1.82) is 0 Å². The average molecular weight is 307 g/mol. The van der Waals surface area contributed by atoms with Crippen LogP contribution in [-0.2, 0) is 6.42 Å². The summed E-state index contributed by atoms with van der Waals surface area (Å²) in [5, 5.41) is 0.766. The van der Waals surface area contributed by atoms with Crippen LogP contribution in [0.4, 0.5) is 0 Å². The fourth-order valence-corrected chi connectivity index (χ4v) is 3.33. The molecule has 1 saturated heterocycles. The van der Waals surface area contributed by atoms with Gasteiger partial charge in [0.15, 0.2) is 0 Å². The summed E-state index contributed by atoms with van der Waals surface area (Å²) in [7, 11) is 0. The van der Waals surface area contributed by atoms with Crippen LogP contribution in [0, 0.1) is 5.92 Å². The molecule has 1 atom stereocenters. The Hall–Kier alpha value is -1.39. The topological polar surface area (TPSA) is 33.2 Å². The number of amides is 1. The number of halogens is 1. The van der Waals surface area contributed by atoms with Crippen molar-refractivity contribution in [2.75, 3.05) is 13.1 Å². The van der Waals surface area contributed by atoms with Crippen LogP contribution in [0.3, 0.4) is 0 Å². The summed E-state index contributed by atoms with van der Waals surface area (Å²) in [6, 6.07) is 7.98. The Balaban J connectivity index is 1.59. The third-order valence-electron chi connectivity index (χ3n) is 3.65. The lowest BCUT2D eigenvalue weighted by molar-refractivity contribution is 0.0791. The van der Waals surface area contributed by atoms with Crippen LogP contribution in [0.2, 0.25) is 5.02 Å². The van der Waals surface area contributed by atoms with E-state index in [0.29, 0.717) is 5.92 Å². The highest BCUT2D eigenvalue weighted by Crippen LogP contribution is 2.23. The van der Waals surface area contributed by atoms with Gasteiger partial charge in [0.1, 0.15) is 4.88 Å². The molecular weight excluding hydrogens is 292 g/mol. The van der Waals surface area contributed by atoms with E-state index in [-0.39, 0.29) is 5.91 Å². The number of carbonyl (C=O) groups is 1. The SMILES string of the molecule is O=C(c1cncs1)N1CCC(Cc2ccc(Cl)cc2)C1. The number of benzene rings is 1. The summed E-state index contributed by atoms with van der Waals surface area (Å²) < 4.78 is 0. The van der Waals surface area contributed by atoms with Crippen molar-refractivity contribution in [3.8, 4) is 0 Å². The van der Waals surface area contributed by atoms with Gasteiger partial charge >= 0.3 is 0 Å². The van der Waals surface area contributed by atoms with Crippen molar-refractivity contribution in [3.05, 3.63) is 51.4 Å². The highest BCUT2D eigenvalue weighted by atomic mass is 35.5. The van der Waals surface area contributed by atoms with Gasteiger partial charge < -0.3 is 4.90 Å². The van der Waals surface area contributed by atoms with E-state index in [2.05, 4.69) is 17.1 Å². The van der Waals surface area contributed by atoms with Crippen LogP contribution in [0.25, 0.3) is 0 Å². The van der Waals surface area contributed by atoms with Crippen molar-refractivity contribution in [1.82, 2.24) is 9.88 Å². The third-order valence-corrected chi connectivity index (χ3v) is 4.67. The molecule has 20 heavy (non-hydrogen) atoms. The van der Waals surface area contributed by atoms with Gasteiger partial charge in [-0.05, 0) is 36.5 Å². The predicted molar refractivity (Wildman–Crippen MR) is 81.3 cm³/mol. The molecule has 0 N–H and O–H groups in total. The van der Waals surface area contributed by atoms with Crippen molar-refractivity contribution < 1.29 is 4.79 Å². The van der Waals surface area contributed by atoms with Crippen LogP contribution in [0.1, 0.15) is 21.7 Å². The Morgan fingerprint density at radius 3 is 2.90 bits per heavy atom. The molecule has 1 aromatic carbocycles. The van der Waals surface area contributed by atoms with Gasteiger partial charge in [0, 0.05) is 18.1 Å². The quantitative estimate of drug-likeness (QED) is 0.869. The summed E-state index contributed by atoms with van der Waals surface area (Å²) >= 11 is 7.30. The number of likely N-dealkylation sites (tertiary alicyclic amines) is 1. The normalized spacial score (nSPS) is 18.4. The maximum absolute atomic E-state index is 12.2. The molecule has 1 amide bonds. The molecule has 2 aromatic rings. The number of hydrogen-bond acceptors (Lipinski definition) is 3. The molecule has 1 unspecified atom stereocenters. The smallest absolute Gasteiger partial charge is 0.265 e. The third kappa shape index (κ3) is 3.02. The van der Waals surface area contributed by atoms with Gasteiger partial charge in [-0.25, -0.2) is 0 Å². The lowest BCUT2D eigenvalue weighted by Crippen LogP contribution is -2.28. The van der Waals surface area contributed by atoms with E-state index in [0.717, 1.165) is 35.8 Å². The largest absolute Gasteiger partial charge is 0.338 e. The molecule has 1 aromatic heterocycles. The molecule has 0 saturated carbocycles. The average Bonchev–Trinajstić information content (AvgIpc) is 3.12. The Morgan fingerprint density at radius 1 is 1.40 bits per heavy atom. The lowest BCUT2D eigenvalue weighted by Gasteiger charge is -2.15.